The number of para-hydroxylation sites is 4. The maximum absolute atomic E-state index is 6.42. The van der Waals surface area contributed by atoms with E-state index >= 15 is 0 Å². The lowest BCUT2D eigenvalue weighted by molar-refractivity contribution is 0.670. The van der Waals surface area contributed by atoms with Crippen molar-refractivity contribution in [3.8, 4) is 33.9 Å². The van der Waals surface area contributed by atoms with Crippen molar-refractivity contribution in [1.29, 1.82) is 0 Å². The van der Waals surface area contributed by atoms with Gasteiger partial charge in [0.25, 0.3) is 0 Å². The fourth-order valence-electron chi connectivity index (χ4n) is 7.39. The summed E-state index contributed by atoms with van der Waals surface area (Å²) in [5.41, 5.74) is 12.9. The largest absolute Gasteiger partial charge is 0.455 e. The van der Waals surface area contributed by atoms with E-state index in [1.165, 1.54) is 16.3 Å². The van der Waals surface area contributed by atoms with Gasteiger partial charge < -0.3 is 8.98 Å². The van der Waals surface area contributed by atoms with Gasteiger partial charge >= 0.3 is 0 Å². The molecule has 10 aromatic rings. The summed E-state index contributed by atoms with van der Waals surface area (Å²) in [6.07, 6.45) is 0. The number of benzene rings is 7. The van der Waals surface area contributed by atoms with E-state index < -0.39 is 0 Å². The van der Waals surface area contributed by atoms with Gasteiger partial charge in [-0.25, -0.2) is 4.98 Å². The van der Waals surface area contributed by atoms with Gasteiger partial charge in [0.05, 0.1) is 22.1 Å². The maximum atomic E-state index is 6.42. The van der Waals surface area contributed by atoms with Crippen LogP contribution in [0.5, 0.6) is 0 Å². The van der Waals surface area contributed by atoms with Crippen LogP contribution in [-0.4, -0.2) is 14.1 Å². The summed E-state index contributed by atoms with van der Waals surface area (Å²) in [5, 5.41) is 4.69. The molecule has 0 saturated heterocycles. The molecule has 0 aliphatic carbocycles. The first-order valence-electron chi connectivity index (χ1n) is 16.3. The molecule has 0 amide bonds. The predicted molar refractivity (Wildman–Crippen MR) is 198 cm³/mol. The van der Waals surface area contributed by atoms with Gasteiger partial charge in [-0.1, -0.05) is 97.1 Å². The number of fused-ring (bicyclic) bond motifs is 7. The smallest absolute Gasteiger partial charge is 0.145 e. The van der Waals surface area contributed by atoms with Gasteiger partial charge in [-0.05, 0) is 78.7 Å². The Morgan fingerprint density at radius 2 is 1.23 bits per heavy atom. The number of aromatic nitrogens is 3. The second kappa shape index (κ2) is 10.3. The topological polar surface area (TPSA) is 35.9 Å². The molecule has 0 aliphatic rings. The first-order chi connectivity index (χ1) is 23.7. The summed E-state index contributed by atoms with van der Waals surface area (Å²) in [4.78, 5) is 5.18. The summed E-state index contributed by atoms with van der Waals surface area (Å²) in [7, 11) is 0. The number of furan rings is 1. The molecule has 3 aromatic heterocycles. The fourth-order valence-corrected chi connectivity index (χ4v) is 7.39. The highest BCUT2D eigenvalue weighted by molar-refractivity contribution is 6.13. The minimum absolute atomic E-state index is 0.911. The Morgan fingerprint density at radius 1 is 0.479 bits per heavy atom. The van der Waals surface area contributed by atoms with Crippen molar-refractivity contribution in [2.45, 2.75) is 6.92 Å². The Bertz CT molecular complexity index is 2850. The first kappa shape index (κ1) is 26.8. The summed E-state index contributed by atoms with van der Waals surface area (Å²) in [6, 6.07) is 55.9. The van der Waals surface area contributed by atoms with Crippen molar-refractivity contribution in [3.63, 3.8) is 0 Å². The minimum Gasteiger partial charge on any atom is -0.455 e. The average Bonchev–Trinajstić information content (AvgIpc) is 3.81. The van der Waals surface area contributed by atoms with E-state index in [1.807, 2.05) is 12.1 Å². The van der Waals surface area contributed by atoms with Crippen LogP contribution in [0.2, 0.25) is 0 Å². The lowest BCUT2D eigenvalue weighted by atomic mass is 10.0. The molecule has 10 rings (SSSR count). The van der Waals surface area contributed by atoms with Crippen molar-refractivity contribution in [1.82, 2.24) is 14.1 Å². The van der Waals surface area contributed by atoms with Gasteiger partial charge in [-0.2, -0.15) is 0 Å². The fraction of sp³-hybridized carbons (Fsp3) is 0.0227. The Balaban J connectivity index is 1.17. The molecule has 3 heterocycles. The van der Waals surface area contributed by atoms with Crippen LogP contribution in [0.4, 0.5) is 0 Å². The molecule has 0 saturated carbocycles. The second-order valence-corrected chi connectivity index (χ2v) is 12.5. The van der Waals surface area contributed by atoms with Crippen molar-refractivity contribution in [3.05, 3.63) is 163 Å². The molecule has 0 radical (unpaired) electrons. The number of hydrogen-bond donors (Lipinski definition) is 0. The van der Waals surface area contributed by atoms with Gasteiger partial charge in [0, 0.05) is 44.0 Å². The molecule has 4 nitrogen and oxygen atoms in total. The zero-order valence-corrected chi connectivity index (χ0v) is 26.3. The van der Waals surface area contributed by atoms with Gasteiger partial charge in [0.15, 0.2) is 0 Å². The van der Waals surface area contributed by atoms with Crippen molar-refractivity contribution < 1.29 is 4.42 Å². The number of imidazole rings is 1. The Labute approximate surface area is 276 Å². The van der Waals surface area contributed by atoms with Crippen LogP contribution in [-0.2, 0) is 0 Å². The van der Waals surface area contributed by atoms with E-state index in [0.29, 0.717) is 0 Å². The summed E-state index contributed by atoms with van der Waals surface area (Å²) >= 11 is 0. The number of aryl methyl sites for hydroxylation is 1. The third-order valence-corrected chi connectivity index (χ3v) is 9.57. The van der Waals surface area contributed by atoms with Crippen molar-refractivity contribution in [2.75, 3.05) is 0 Å². The van der Waals surface area contributed by atoms with Crippen molar-refractivity contribution >= 4 is 54.8 Å². The van der Waals surface area contributed by atoms with Gasteiger partial charge in [-0.15, -0.1) is 0 Å². The molecule has 0 bridgehead atoms. The van der Waals surface area contributed by atoms with Crippen molar-refractivity contribution in [2.24, 2.45) is 0 Å². The van der Waals surface area contributed by atoms with Crippen LogP contribution >= 0.6 is 0 Å². The third kappa shape index (κ3) is 3.99. The zero-order chi connectivity index (χ0) is 31.8. The maximum Gasteiger partial charge on any atom is 0.145 e. The normalized spacial score (nSPS) is 11.9. The van der Waals surface area contributed by atoms with E-state index in [2.05, 4.69) is 162 Å². The predicted octanol–water partition coefficient (Wildman–Crippen LogP) is 11.7. The van der Waals surface area contributed by atoms with Crippen LogP contribution in [0.25, 0.3) is 88.7 Å². The molecule has 0 atom stereocenters. The van der Waals surface area contributed by atoms with Gasteiger partial charge in [0.1, 0.15) is 17.0 Å². The standard InChI is InChI=1S/C44H29N3O/c1-28-21-23-38-41(25-28)47(31-12-3-2-4-13-31)44(45-38)30-11-9-14-32(26-30)46-39-19-7-5-15-34(39)37-27-29(22-24-40(37)46)33-17-10-18-36-35-16-6-8-20-42(35)48-43(33)36/h2-27H,1H3. The molecule has 0 fully saturated rings. The van der Waals surface area contributed by atoms with E-state index in [9.17, 15) is 0 Å². The summed E-state index contributed by atoms with van der Waals surface area (Å²) < 4.78 is 11.1. The van der Waals surface area contributed by atoms with E-state index in [0.717, 1.165) is 77.9 Å². The number of rotatable bonds is 4. The highest BCUT2D eigenvalue weighted by atomic mass is 16.3. The van der Waals surface area contributed by atoms with Crippen LogP contribution in [0.1, 0.15) is 5.56 Å². The highest BCUT2D eigenvalue weighted by Crippen LogP contribution is 2.40. The first-order valence-corrected chi connectivity index (χ1v) is 16.3. The molecule has 0 unspecified atom stereocenters. The highest BCUT2D eigenvalue weighted by Gasteiger charge is 2.19. The van der Waals surface area contributed by atoms with E-state index in [1.54, 1.807) is 0 Å². The summed E-state index contributed by atoms with van der Waals surface area (Å²) in [5.74, 6) is 0.922. The quantitative estimate of drug-likeness (QED) is 0.197. The number of nitrogens with zero attached hydrogens (tertiary/aromatic N) is 3. The van der Waals surface area contributed by atoms with Crippen LogP contribution in [0.15, 0.2) is 162 Å². The SMILES string of the molecule is Cc1ccc2nc(-c3cccc(-n4c5ccccc5c5cc(-c6cccc7c6oc6ccccc67)ccc54)c3)n(-c3ccccc3)c2c1. The monoisotopic (exact) mass is 615 g/mol. The lowest BCUT2D eigenvalue weighted by Crippen LogP contribution is -1.99. The van der Waals surface area contributed by atoms with Gasteiger partial charge in [-0.3, -0.25) is 4.57 Å². The molecule has 4 heteroatoms. The molecular formula is C44H29N3O. The number of hydrogen-bond acceptors (Lipinski definition) is 2. The second-order valence-electron chi connectivity index (χ2n) is 12.5. The molecule has 0 spiro atoms. The van der Waals surface area contributed by atoms with Crippen LogP contribution in [0.3, 0.4) is 0 Å². The molecule has 0 aliphatic heterocycles. The van der Waals surface area contributed by atoms with Crippen LogP contribution in [0, 0.1) is 6.92 Å². The molecule has 7 aromatic carbocycles. The van der Waals surface area contributed by atoms with E-state index in [4.69, 9.17) is 9.40 Å². The van der Waals surface area contributed by atoms with Crippen LogP contribution < -0.4 is 0 Å². The lowest BCUT2D eigenvalue weighted by Gasteiger charge is -2.13. The molecule has 48 heavy (non-hydrogen) atoms. The minimum atomic E-state index is 0.911. The third-order valence-electron chi connectivity index (χ3n) is 9.57. The molecule has 226 valence electrons. The molecular weight excluding hydrogens is 587 g/mol. The van der Waals surface area contributed by atoms with Gasteiger partial charge in [0.2, 0.25) is 0 Å². The Morgan fingerprint density at radius 3 is 2.15 bits per heavy atom. The Hall–Kier alpha value is -6.39. The zero-order valence-electron chi connectivity index (χ0n) is 26.3. The Kier molecular flexibility index (Phi) is 5.75. The van der Waals surface area contributed by atoms with E-state index in [-0.39, 0.29) is 0 Å². The average molecular weight is 616 g/mol. The summed E-state index contributed by atoms with van der Waals surface area (Å²) in [6.45, 7) is 2.13. The molecule has 0 N–H and O–H groups in total.